The zero-order valence-corrected chi connectivity index (χ0v) is 14.8. The molecular weight excluding hydrogens is 353 g/mol. The zero-order valence-electron chi connectivity index (χ0n) is 14.0. The first-order valence-electron chi connectivity index (χ1n) is 8.79. The van der Waals surface area contributed by atoms with Crippen LogP contribution in [0, 0.1) is 0 Å². The first-order valence-corrected chi connectivity index (χ1v) is 9.22. The number of fused-ring (bicyclic) bond motifs is 1. The summed E-state index contributed by atoms with van der Waals surface area (Å²) in [6.45, 7) is 0. The number of alkyl halides is 2. The lowest BCUT2D eigenvalue weighted by molar-refractivity contribution is 0.402. The molecule has 0 spiro atoms. The fourth-order valence-electron chi connectivity index (χ4n) is 3.66. The Morgan fingerprint density at radius 2 is 2.12 bits per heavy atom. The van der Waals surface area contributed by atoms with Crippen molar-refractivity contribution in [2.24, 2.45) is 0 Å². The summed E-state index contributed by atoms with van der Waals surface area (Å²) in [7, 11) is 0. The molecule has 134 valence electrons. The number of allylic oxidation sites excluding steroid dienone is 3. The van der Waals surface area contributed by atoms with Crippen LogP contribution in [-0.4, -0.2) is 37.5 Å². The van der Waals surface area contributed by atoms with Crippen LogP contribution >= 0.6 is 11.6 Å². The molecule has 2 aliphatic carbocycles. The molecule has 1 fully saturated rings. The average Bonchev–Trinajstić information content (AvgIpc) is 3.25. The van der Waals surface area contributed by atoms with Gasteiger partial charge in [0, 0.05) is 22.1 Å². The van der Waals surface area contributed by atoms with Gasteiger partial charge in [-0.15, -0.1) is 16.7 Å². The molecule has 3 aromatic rings. The van der Waals surface area contributed by atoms with Gasteiger partial charge in [-0.25, -0.2) is 9.60 Å². The number of hydrogen-bond acceptors (Lipinski definition) is 2. The SMILES string of the molecule is FC1C=CC(NC2(Cc3c(-c4n[nH][nH]4)[nH]c4ccccc34)CC2)=CC1Cl. The van der Waals surface area contributed by atoms with E-state index < -0.39 is 11.5 Å². The number of halogens is 2. The van der Waals surface area contributed by atoms with Crippen LogP contribution in [-0.2, 0) is 6.42 Å². The van der Waals surface area contributed by atoms with Crippen LogP contribution in [0.15, 0.2) is 48.2 Å². The maximum Gasteiger partial charge on any atom is 0.191 e. The minimum absolute atomic E-state index is 0.0205. The number of nitrogens with one attached hydrogen (secondary N) is 4. The summed E-state index contributed by atoms with van der Waals surface area (Å²) in [5.41, 5.74) is 4.24. The third-order valence-corrected chi connectivity index (χ3v) is 5.64. The average molecular weight is 372 g/mol. The van der Waals surface area contributed by atoms with Crippen molar-refractivity contribution in [3.63, 3.8) is 0 Å². The molecule has 2 heterocycles. The lowest BCUT2D eigenvalue weighted by Gasteiger charge is -2.23. The molecule has 0 radical (unpaired) electrons. The molecule has 7 heteroatoms. The van der Waals surface area contributed by atoms with E-state index in [1.807, 2.05) is 6.07 Å². The van der Waals surface area contributed by atoms with Gasteiger partial charge in [-0.05, 0) is 49.1 Å². The van der Waals surface area contributed by atoms with E-state index in [1.54, 1.807) is 12.2 Å². The van der Waals surface area contributed by atoms with Gasteiger partial charge < -0.3 is 10.3 Å². The third kappa shape index (κ3) is 2.65. The smallest absolute Gasteiger partial charge is 0.191 e. The normalized spacial score (nSPS) is 24.0. The van der Waals surface area contributed by atoms with Gasteiger partial charge in [-0.1, -0.05) is 18.2 Å². The Bertz CT molecular complexity index is 997. The van der Waals surface area contributed by atoms with Crippen LogP contribution in [0.1, 0.15) is 18.4 Å². The molecule has 1 saturated carbocycles. The number of rotatable bonds is 5. The van der Waals surface area contributed by atoms with Crippen molar-refractivity contribution in [2.75, 3.05) is 0 Å². The second-order valence-corrected chi connectivity index (χ2v) is 7.68. The standard InChI is InChI=1S/C19H19ClFN5/c20-14-9-11(5-6-15(14)21)23-19(7-8-19)10-13-12-3-1-2-4-16(12)22-17(13)18-24-26-25-18/h1-6,9,14-15,22-23,26H,7-8,10H2,(H,24,25). The molecule has 0 aliphatic heterocycles. The van der Waals surface area contributed by atoms with Crippen LogP contribution in [0.4, 0.5) is 4.39 Å². The van der Waals surface area contributed by atoms with Gasteiger partial charge in [-0.3, -0.25) is 5.10 Å². The van der Waals surface area contributed by atoms with Crippen LogP contribution in [0.5, 0.6) is 0 Å². The van der Waals surface area contributed by atoms with Crippen LogP contribution < -0.4 is 5.32 Å². The number of aromatic amines is 3. The highest BCUT2D eigenvalue weighted by Gasteiger charge is 2.44. The van der Waals surface area contributed by atoms with Crippen LogP contribution in [0.25, 0.3) is 22.4 Å². The van der Waals surface area contributed by atoms with Crippen molar-refractivity contribution in [3.05, 3.63) is 53.8 Å². The van der Waals surface area contributed by atoms with Crippen molar-refractivity contribution in [1.82, 2.24) is 25.7 Å². The second kappa shape index (κ2) is 5.77. The number of H-pyrrole nitrogens is 3. The van der Waals surface area contributed by atoms with Gasteiger partial charge in [-0.2, -0.15) is 0 Å². The highest BCUT2D eigenvalue weighted by molar-refractivity contribution is 6.22. The number of para-hydroxylation sites is 1. The monoisotopic (exact) mass is 371 g/mol. The fourth-order valence-corrected chi connectivity index (χ4v) is 3.88. The number of nitrogens with zero attached hydrogens (tertiary/aromatic N) is 1. The van der Waals surface area contributed by atoms with Crippen molar-refractivity contribution in [3.8, 4) is 11.5 Å². The van der Waals surface area contributed by atoms with Gasteiger partial charge in [0.1, 0.15) is 6.17 Å². The van der Waals surface area contributed by atoms with E-state index in [0.29, 0.717) is 0 Å². The summed E-state index contributed by atoms with van der Waals surface area (Å²) in [6, 6.07) is 8.29. The summed E-state index contributed by atoms with van der Waals surface area (Å²) >= 11 is 6.05. The fraction of sp³-hybridized carbons (Fsp3) is 0.316. The van der Waals surface area contributed by atoms with Gasteiger partial charge in [0.25, 0.3) is 0 Å². The van der Waals surface area contributed by atoms with E-state index in [2.05, 4.69) is 43.9 Å². The van der Waals surface area contributed by atoms with Gasteiger partial charge in [0.2, 0.25) is 0 Å². The molecule has 2 unspecified atom stereocenters. The molecule has 26 heavy (non-hydrogen) atoms. The summed E-state index contributed by atoms with van der Waals surface area (Å²) in [4.78, 5) is 3.47. The summed E-state index contributed by atoms with van der Waals surface area (Å²) in [6.07, 6.45) is 6.97. The van der Waals surface area contributed by atoms with E-state index >= 15 is 0 Å². The molecule has 2 aliphatic rings. The van der Waals surface area contributed by atoms with E-state index in [4.69, 9.17) is 11.6 Å². The first kappa shape index (κ1) is 15.8. The van der Waals surface area contributed by atoms with Crippen molar-refractivity contribution < 1.29 is 4.39 Å². The zero-order chi connectivity index (χ0) is 17.7. The molecule has 1 aromatic carbocycles. The summed E-state index contributed by atoms with van der Waals surface area (Å²) in [5.74, 6) is 0.824. The van der Waals surface area contributed by atoms with Crippen LogP contribution in [0.3, 0.4) is 0 Å². The second-order valence-electron chi connectivity index (χ2n) is 7.17. The molecule has 2 aromatic heterocycles. The van der Waals surface area contributed by atoms with Gasteiger partial charge in [0.05, 0.1) is 11.1 Å². The summed E-state index contributed by atoms with van der Waals surface area (Å²) < 4.78 is 13.5. The maximum atomic E-state index is 13.5. The quantitative estimate of drug-likeness (QED) is 0.513. The van der Waals surface area contributed by atoms with E-state index in [-0.39, 0.29) is 5.54 Å². The van der Waals surface area contributed by atoms with Crippen molar-refractivity contribution in [1.29, 1.82) is 0 Å². The molecule has 2 atom stereocenters. The maximum absolute atomic E-state index is 13.5. The molecule has 0 amide bonds. The molecule has 4 N–H and O–H groups in total. The van der Waals surface area contributed by atoms with E-state index in [0.717, 1.165) is 42.0 Å². The molecule has 0 saturated heterocycles. The van der Waals surface area contributed by atoms with Crippen molar-refractivity contribution >= 4 is 22.5 Å². The predicted molar refractivity (Wildman–Crippen MR) is 101 cm³/mol. The molecule has 0 bridgehead atoms. The highest BCUT2D eigenvalue weighted by Crippen LogP contribution is 2.43. The Hall–Kier alpha value is -2.47. The van der Waals surface area contributed by atoms with Crippen LogP contribution in [0.2, 0.25) is 0 Å². The number of aromatic nitrogens is 4. The largest absolute Gasteiger partial charge is 0.379 e. The lowest BCUT2D eigenvalue weighted by atomic mass is 9.99. The molecular formula is C19H19ClFN5. The number of benzene rings is 1. The minimum atomic E-state index is -1.12. The van der Waals surface area contributed by atoms with Gasteiger partial charge in [0.15, 0.2) is 5.82 Å². The molecule has 5 rings (SSSR count). The van der Waals surface area contributed by atoms with E-state index in [9.17, 15) is 4.39 Å². The lowest BCUT2D eigenvalue weighted by Crippen LogP contribution is -2.34. The Labute approximate surface area is 154 Å². The highest BCUT2D eigenvalue weighted by atomic mass is 35.5. The summed E-state index contributed by atoms with van der Waals surface area (Å²) in [5, 5.41) is 14.1. The Kier molecular flexibility index (Phi) is 3.50. The number of hydrogen-bond donors (Lipinski definition) is 4. The minimum Gasteiger partial charge on any atom is -0.379 e. The Morgan fingerprint density at radius 1 is 1.31 bits per heavy atom. The third-order valence-electron chi connectivity index (χ3n) is 5.27. The van der Waals surface area contributed by atoms with E-state index in [1.165, 1.54) is 17.0 Å². The Balaban J connectivity index is 1.47. The molecule has 5 nitrogen and oxygen atoms in total. The van der Waals surface area contributed by atoms with Gasteiger partial charge >= 0.3 is 0 Å². The Morgan fingerprint density at radius 3 is 2.81 bits per heavy atom. The first-order chi connectivity index (χ1) is 12.6. The predicted octanol–water partition coefficient (Wildman–Crippen LogP) is 3.95. The topological polar surface area (TPSA) is 72.3 Å². The van der Waals surface area contributed by atoms with Crippen molar-refractivity contribution in [2.45, 2.75) is 36.4 Å².